The number of carbonyl (C=O) groups excluding carboxylic acids is 2. The van der Waals surface area contributed by atoms with Crippen molar-refractivity contribution in [2.75, 3.05) is 18.6 Å². The molecule has 1 rings (SSSR count). The van der Waals surface area contributed by atoms with Gasteiger partial charge >= 0.3 is 0 Å². The van der Waals surface area contributed by atoms with E-state index in [-0.39, 0.29) is 30.0 Å². The Morgan fingerprint density at radius 2 is 1.90 bits per heavy atom. The topological polar surface area (TPSA) is 83.6 Å². The molecule has 21 heavy (non-hydrogen) atoms. The number of amides is 2. The van der Waals surface area contributed by atoms with Gasteiger partial charge in [-0.05, 0) is 25.7 Å². The molecule has 1 aliphatic rings. The Kier molecular flexibility index (Phi) is 5.41. The Labute approximate surface area is 127 Å². The van der Waals surface area contributed by atoms with Crippen molar-refractivity contribution in [2.45, 2.75) is 52.1 Å². The average molecular weight is 318 g/mol. The van der Waals surface area contributed by atoms with Crippen LogP contribution < -0.4 is 5.32 Å². The highest BCUT2D eigenvalue weighted by Crippen LogP contribution is 2.26. The van der Waals surface area contributed by atoms with Gasteiger partial charge in [0.05, 0.1) is 5.75 Å². The van der Waals surface area contributed by atoms with Crippen LogP contribution in [0.5, 0.6) is 0 Å². The predicted molar refractivity (Wildman–Crippen MR) is 81.5 cm³/mol. The standard InChI is InChI=1S/C14H26N2O4S/c1-6-14(4)13(18)15-11(9-10(2)3)12(17)16(14)7-8-21(5,19)20/h10-11H,6-9H2,1-5H3,(H,15,18). The van der Waals surface area contributed by atoms with Gasteiger partial charge in [0.15, 0.2) is 0 Å². The van der Waals surface area contributed by atoms with E-state index in [1.807, 2.05) is 20.8 Å². The van der Waals surface area contributed by atoms with Gasteiger partial charge in [-0.25, -0.2) is 8.42 Å². The molecule has 0 aromatic carbocycles. The first kappa shape index (κ1) is 17.9. The molecular formula is C14H26N2O4S. The van der Waals surface area contributed by atoms with E-state index in [1.165, 1.54) is 4.90 Å². The van der Waals surface area contributed by atoms with Crippen molar-refractivity contribution in [3.05, 3.63) is 0 Å². The van der Waals surface area contributed by atoms with Crippen LogP contribution in [0.3, 0.4) is 0 Å². The maximum absolute atomic E-state index is 12.6. The van der Waals surface area contributed by atoms with Crippen LogP contribution in [-0.2, 0) is 19.4 Å². The zero-order valence-corrected chi connectivity index (χ0v) is 14.3. The van der Waals surface area contributed by atoms with Crippen molar-refractivity contribution in [3.8, 4) is 0 Å². The summed E-state index contributed by atoms with van der Waals surface area (Å²) in [6, 6.07) is -0.559. The third kappa shape index (κ3) is 4.18. The van der Waals surface area contributed by atoms with E-state index in [4.69, 9.17) is 0 Å². The van der Waals surface area contributed by atoms with E-state index in [0.717, 1.165) is 6.26 Å². The average Bonchev–Trinajstić information content (AvgIpc) is 2.33. The highest BCUT2D eigenvalue weighted by atomic mass is 32.2. The van der Waals surface area contributed by atoms with Gasteiger partial charge in [0.25, 0.3) is 0 Å². The van der Waals surface area contributed by atoms with E-state index < -0.39 is 21.4 Å². The Hall–Kier alpha value is -1.11. The number of piperazine rings is 1. The largest absolute Gasteiger partial charge is 0.342 e. The second-order valence-electron chi connectivity index (χ2n) is 6.40. The summed E-state index contributed by atoms with van der Waals surface area (Å²) in [5, 5.41) is 2.79. The highest BCUT2D eigenvalue weighted by Gasteiger charge is 2.48. The molecule has 1 saturated heterocycles. The van der Waals surface area contributed by atoms with Gasteiger partial charge in [-0.2, -0.15) is 0 Å². The van der Waals surface area contributed by atoms with Crippen LogP contribution >= 0.6 is 0 Å². The fraction of sp³-hybridized carbons (Fsp3) is 0.857. The molecule has 0 bridgehead atoms. The van der Waals surface area contributed by atoms with Gasteiger partial charge in [-0.15, -0.1) is 0 Å². The van der Waals surface area contributed by atoms with E-state index in [2.05, 4.69) is 5.32 Å². The fourth-order valence-corrected chi connectivity index (χ4v) is 3.04. The number of rotatable bonds is 6. The minimum atomic E-state index is -3.19. The zero-order chi connectivity index (χ0) is 16.4. The third-order valence-electron chi connectivity index (χ3n) is 4.04. The second-order valence-corrected chi connectivity index (χ2v) is 8.66. The first-order valence-electron chi connectivity index (χ1n) is 7.31. The molecule has 0 radical (unpaired) electrons. The summed E-state index contributed by atoms with van der Waals surface area (Å²) in [4.78, 5) is 26.4. The molecule has 2 unspecified atom stereocenters. The summed E-state index contributed by atoms with van der Waals surface area (Å²) >= 11 is 0. The summed E-state index contributed by atoms with van der Waals surface area (Å²) < 4.78 is 22.8. The number of nitrogens with zero attached hydrogens (tertiary/aromatic N) is 1. The van der Waals surface area contributed by atoms with Crippen LogP contribution in [0.4, 0.5) is 0 Å². The lowest BCUT2D eigenvalue weighted by molar-refractivity contribution is -0.156. The summed E-state index contributed by atoms with van der Waals surface area (Å²) in [6.45, 7) is 7.53. The van der Waals surface area contributed by atoms with E-state index >= 15 is 0 Å². The van der Waals surface area contributed by atoms with Crippen molar-refractivity contribution in [3.63, 3.8) is 0 Å². The van der Waals surface area contributed by atoms with Gasteiger partial charge in [-0.3, -0.25) is 9.59 Å². The van der Waals surface area contributed by atoms with Crippen molar-refractivity contribution < 1.29 is 18.0 Å². The summed E-state index contributed by atoms with van der Waals surface area (Å²) in [7, 11) is -3.19. The Bertz CT molecular complexity index is 515. The third-order valence-corrected chi connectivity index (χ3v) is 4.96. The lowest BCUT2D eigenvalue weighted by atomic mass is 9.88. The van der Waals surface area contributed by atoms with Crippen molar-refractivity contribution in [1.29, 1.82) is 0 Å². The molecule has 1 heterocycles. The van der Waals surface area contributed by atoms with Gasteiger partial charge in [0, 0.05) is 12.8 Å². The van der Waals surface area contributed by atoms with Crippen LogP contribution in [0.1, 0.15) is 40.5 Å². The Balaban J connectivity index is 3.04. The highest BCUT2D eigenvalue weighted by molar-refractivity contribution is 7.90. The summed E-state index contributed by atoms with van der Waals surface area (Å²) in [6.07, 6.45) is 2.14. The molecule has 2 atom stereocenters. The maximum atomic E-state index is 12.6. The van der Waals surface area contributed by atoms with Crippen LogP contribution in [0.2, 0.25) is 0 Å². The monoisotopic (exact) mass is 318 g/mol. The van der Waals surface area contributed by atoms with Crippen LogP contribution in [0.25, 0.3) is 0 Å². The first-order chi connectivity index (χ1) is 9.51. The van der Waals surface area contributed by atoms with Crippen molar-refractivity contribution >= 4 is 21.7 Å². The molecule has 7 heteroatoms. The van der Waals surface area contributed by atoms with Gasteiger partial charge in [-0.1, -0.05) is 20.8 Å². The Morgan fingerprint density at radius 1 is 1.33 bits per heavy atom. The maximum Gasteiger partial charge on any atom is 0.246 e. The second kappa shape index (κ2) is 6.34. The fourth-order valence-electron chi connectivity index (χ4n) is 2.53. The molecule has 1 aliphatic heterocycles. The van der Waals surface area contributed by atoms with Gasteiger partial charge < -0.3 is 10.2 Å². The molecule has 0 aliphatic carbocycles. The summed E-state index contributed by atoms with van der Waals surface area (Å²) in [5.41, 5.74) is -0.977. The van der Waals surface area contributed by atoms with Gasteiger partial charge in [0.1, 0.15) is 21.4 Å². The normalized spacial score (nSPS) is 27.1. The SMILES string of the molecule is CCC1(C)C(=O)NC(CC(C)C)C(=O)N1CCS(C)(=O)=O. The smallest absolute Gasteiger partial charge is 0.246 e. The molecule has 0 saturated carbocycles. The van der Waals surface area contributed by atoms with Crippen LogP contribution in [-0.4, -0.2) is 55.3 Å². The lowest BCUT2D eigenvalue weighted by Crippen LogP contribution is -2.69. The summed E-state index contributed by atoms with van der Waals surface area (Å²) in [5.74, 6) is -0.252. The molecule has 0 spiro atoms. The van der Waals surface area contributed by atoms with E-state index in [1.54, 1.807) is 6.92 Å². The zero-order valence-electron chi connectivity index (χ0n) is 13.5. The molecular weight excluding hydrogens is 292 g/mol. The van der Waals surface area contributed by atoms with Crippen LogP contribution in [0.15, 0.2) is 0 Å². The lowest BCUT2D eigenvalue weighted by Gasteiger charge is -2.46. The number of sulfone groups is 1. The first-order valence-corrected chi connectivity index (χ1v) is 9.37. The number of nitrogens with one attached hydrogen (secondary N) is 1. The molecule has 1 fully saturated rings. The van der Waals surface area contributed by atoms with Crippen molar-refractivity contribution in [1.82, 2.24) is 10.2 Å². The van der Waals surface area contributed by atoms with Crippen molar-refractivity contribution in [2.24, 2.45) is 5.92 Å². The quantitative estimate of drug-likeness (QED) is 0.776. The van der Waals surface area contributed by atoms with E-state index in [0.29, 0.717) is 12.8 Å². The van der Waals surface area contributed by atoms with Gasteiger partial charge in [0.2, 0.25) is 11.8 Å². The molecule has 0 aromatic rings. The number of carbonyl (C=O) groups is 2. The molecule has 1 N–H and O–H groups in total. The molecule has 2 amide bonds. The van der Waals surface area contributed by atoms with E-state index in [9.17, 15) is 18.0 Å². The molecule has 0 aromatic heterocycles. The number of hydrogen-bond donors (Lipinski definition) is 1. The molecule has 122 valence electrons. The predicted octanol–water partition coefficient (Wildman–Crippen LogP) is 0.573. The minimum absolute atomic E-state index is 0.0595. The minimum Gasteiger partial charge on any atom is -0.342 e. The number of hydrogen-bond acceptors (Lipinski definition) is 4. The molecule has 6 nitrogen and oxygen atoms in total. The van der Waals surface area contributed by atoms with Crippen LogP contribution in [0, 0.1) is 5.92 Å². The Morgan fingerprint density at radius 3 is 2.33 bits per heavy atom.